The molecular weight excluding hydrogens is 225 g/mol. The summed E-state index contributed by atoms with van der Waals surface area (Å²) in [6.45, 7) is -0.120. The molecule has 0 amide bonds. The van der Waals surface area contributed by atoms with Crippen molar-refractivity contribution in [1.82, 2.24) is 4.90 Å². The van der Waals surface area contributed by atoms with Crippen molar-refractivity contribution in [3.05, 3.63) is 0 Å². The third kappa shape index (κ3) is 1.45. The van der Waals surface area contributed by atoms with Gasteiger partial charge in [0.05, 0.1) is 6.54 Å². The molecule has 1 fully saturated rings. The van der Waals surface area contributed by atoms with Crippen molar-refractivity contribution in [2.45, 2.75) is 31.0 Å². The number of rotatable bonds is 1. The quantitative estimate of drug-likeness (QED) is 0.745. The molecule has 0 aromatic carbocycles. The molecule has 0 spiro atoms. The molecule has 4 nitrogen and oxygen atoms in total. The van der Waals surface area contributed by atoms with Gasteiger partial charge < -0.3 is 10.0 Å². The van der Waals surface area contributed by atoms with E-state index in [0.29, 0.717) is 13.0 Å². The van der Waals surface area contributed by atoms with Gasteiger partial charge in [0.2, 0.25) is 0 Å². The van der Waals surface area contributed by atoms with Crippen LogP contribution in [0, 0.1) is 0 Å². The van der Waals surface area contributed by atoms with Crippen LogP contribution in [0.3, 0.4) is 0 Å². The van der Waals surface area contributed by atoms with Gasteiger partial charge >= 0.3 is 12.1 Å². The van der Waals surface area contributed by atoms with E-state index in [2.05, 4.69) is 4.99 Å². The molecule has 0 aromatic rings. The van der Waals surface area contributed by atoms with Gasteiger partial charge in [0.15, 0.2) is 0 Å². The van der Waals surface area contributed by atoms with E-state index in [0.717, 1.165) is 12.8 Å². The number of nitrogens with zero attached hydrogens (tertiary/aromatic N) is 2. The molecule has 2 aliphatic heterocycles. The van der Waals surface area contributed by atoms with Crippen LogP contribution in [0.2, 0.25) is 0 Å². The number of halogens is 3. The number of piperidine rings is 1. The first-order chi connectivity index (χ1) is 7.37. The van der Waals surface area contributed by atoms with Crippen LogP contribution < -0.4 is 0 Å². The Morgan fingerprint density at radius 3 is 2.62 bits per heavy atom. The molecule has 16 heavy (non-hydrogen) atoms. The van der Waals surface area contributed by atoms with Crippen LogP contribution in [0.15, 0.2) is 4.99 Å². The molecule has 7 heteroatoms. The first-order valence-corrected chi connectivity index (χ1v) is 5.01. The van der Waals surface area contributed by atoms with Crippen molar-refractivity contribution < 1.29 is 23.1 Å². The summed E-state index contributed by atoms with van der Waals surface area (Å²) in [6.07, 6.45) is -2.86. The van der Waals surface area contributed by atoms with E-state index < -0.39 is 24.2 Å². The van der Waals surface area contributed by atoms with Gasteiger partial charge in [0.25, 0.3) is 5.54 Å². The van der Waals surface area contributed by atoms with Gasteiger partial charge in [-0.15, -0.1) is 0 Å². The lowest BCUT2D eigenvalue weighted by atomic mass is 10.0. The van der Waals surface area contributed by atoms with Gasteiger partial charge in [-0.05, 0) is 12.8 Å². The summed E-state index contributed by atoms with van der Waals surface area (Å²) in [5.41, 5.74) is -2.95. The smallest absolute Gasteiger partial charge is 0.426 e. The summed E-state index contributed by atoms with van der Waals surface area (Å²) in [6, 6.07) is 0. The average Bonchev–Trinajstić information content (AvgIpc) is 2.56. The maximum Gasteiger partial charge on any atom is 0.426 e. The molecular formula is C9H11F3N2O2. The van der Waals surface area contributed by atoms with E-state index in [9.17, 15) is 18.0 Å². The number of hydrogen-bond acceptors (Lipinski definition) is 3. The number of carbonyl (C=O) groups is 1. The first-order valence-electron chi connectivity index (χ1n) is 5.01. The molecule has 1 unspecified atom stereocenters. The lowest BCUT2D eigenvalue weighted by Gasteiger charge is -2.28. The normalized spacial score (nSPS) is 29.9. The summed E-state index contributed by atoms with van der Waals surface area (Å²) in [4.78, 5) is 15.7. The summed E-state index contributed by atoms with van der Waals surface area (Å²) in [5.74, 6) is -1.63. The summed E-state index contributed by atoms with van der Waals surface area (Å²) in [7, 11) is 0. The monoisotopic (exact) mass is 236 g/mol. The summed E-state index contributed by atoms with van der Waals surface area (Å²) >= 11 is 0. The molecule has 1 atom stereocenters. The van der Waals surface area contributed by atoms with Gasteiger partial charge in [0, 0.05) is 13.0 Å². The minimum atomic E-state index is -4.84. The highest BCUT2D eigenvalue weighted by Gasteiger charge is 2.65. The van der Waals surface area contributed by atoms with Crippen molar-refractivity contribution in [3.8, 4) is 0 Å². The second-order valence-electron chi connectivity index (χ2n) is 4.07. The third-order valence-electron chi connectivity index (χ3n) is 3.01. The Hall–Kier alpha value is -1.27. The van der Waals surface area contributed by atoms with Crippen molar-refractivity contribution in [1.29, 1.82) is 0 Å². The third-order valence-corrected chi connectivity index (χ3v) is 3.01. The van der Waals surface area contributed by atoms with Crippen molar-refractivity contribution >= 4 is 11.8 Å². The molecule has 1 saturated heterocycles. The van der Waals surface area contributed by atoms with E-state index in [-0.39, 0.29) is 5.84 Å². The molecule has 0 saturated carbocycles. The molecule has 2 heterocycles. The fourth-order valence-electron chi connectivity index (χ4n) is 2.09. The van der Waals surface area contributed by atoms with Crippen LogP contribution >= 0.6 is 0 Å². The Bertz CT molecular complexity index is 353. The maximum atomic E-state index is 12.8. The van der Waals surface area contributed by atoms with Gasteiger partial charge in [0.1, 0.15) is 5.84 Å². The molecule has 2 aliphatic rings. The van der Waals surface area contributed by atoms with E-state index in [1.807, 2.05) is 0 Å². The number of alkyl halides is 3. The molecule has 90 valence electrons. The van der Waals surface area contributed by atoms with E-state index in [1.165, 1.54) is 4.90 Å². The minimum Gasteiger partial charge on any atom is -0.479 e. The van der Waals surface area contributed by atoms with Crippen molar-refractivity contribution in [3.63, 3.8) is 0 Å². The van der Waals surface area contributed by atoms with E-state index >= 15 is 0 Å². The summed E-state index contributed by atoms with van der Waals surface area (Å²) < 4.78 is 38.4. The molecule has 0 radical (unpaired) electrons. The van der Waals surface area contributed by atoms with E-state index in [1.54, 1.807) is 0 Å². The molecule has 1 N–H and O–H groups in total. The largest absolute Gasteiger partial charge is 0.479 e. The van der Waals surface area contributed by atoms with Crippen LogP contribution in [0.5, 0.6) is 0 Å². The molecule has 0 aromatic heterocycles. The van der Waals surface area contributed by atoms with Crippen LogP contribution in [0.1, 0.15) is 19.3 Å². The van der Waals surface area contributed by atoms with Crippen LogP contribution in [0.4, 0.5) is 13.2 Å². The number of carboxylic acid groups (broad SMARTS) is 1. The van der Waals surface area contributed by atoms with Gasteiger partial charge in [-0.2, -0.15) is 13.2 Å². The summed E-state index contributed by atoms with van der Waals surface area (Å²) in [5, 5.41) is 8.79. The highest BCUT2D eigenvalue weighted by molar-refractivity contribution is 5.93. The maximum absolute atomic E-state index is 12.8. The standard InChI is InChI=1S/C9H11F3N2O2/c10-9(11,12)8(7(15)16)5-14-4-2-1-3-6(14)13-8/h1-5H2,(H,15,16). The number of carboxylic acids is 1. The zero-order valence-electron chi connectivity index (χ0n) is 8.42. The molecule has 0 bridgehead atoms. The Morgan fingerprint density at radius 2 is 2.12 bits per heavy atom. The number of fused-ring (bicyclic) bond motifs is 1. The molecule has 2 rings (SSSR count). The number of hydrogen-bond donors (Lipinski definition) is 1. The Labute approximate surface area is 89.8 Å². The molecule has 0 aliphatic carbocycles. The second kappa shape index (κ2) is 3.36. The zero-order valence-corrected chi connectivity index (χ0v) is 8.42. The SMILES string of the molecule is O=C(O)C1(C(F)(F)F)CN2CCCCC2=N1. The van der Waals surface area contributed by atoms with Crippen molar-refractivity contribution in [2.75, 3.05) is 13.1 Å². The minimum absolute atomic E-state index is 0.283. The predicted octanol–water partition coefficient (Wildman–Crippen LogP) is 1.27. The number of aliphatic imine (C=N–C) groups is 1. The Balaban J connectivity index is 2.38. The lowest BCUT2D eigenvalue weighted by molar-refractivity contribution is -0.200. The van der Waals surface area contributed by atoms with Gasteiger partial charge in [-0.3, -0.25) is 0 Å². The number of aliphatic carboxylic acids is 1. The highest BCUT2D eigenvalue weighted by Crippen LogP contribution is 2.40. The fraction of sp³-hybridized carbons (Fsp3) is 0.778. The van der Waals surface area contributed by atoms with E-state index in [4.69, 9.17) is 5.11 Å². The van der Waals surface area contributed by atoms with Crippen LogP contribution in [-0.2, 0) is 4.79 Å². The zero-order chi connectivity index (χ0) is 12.0. The Kier molecular flexibility index (Phi) is 2.36. The highest BCUT2D eigenvalue weighted by atomic mass is 19.4. The number of amidine groups is 1. The Morgan fingerprint density at radius 1 is 1.44 bits per heavy atom. The predicted molar refractivity (Wildman–Crippen MR) is 49.3 cm³/mol. The lowest BCUT2D eigenvalue weighted by Crippen LogP contribution is -2.54. The van der Waals surface area contributed by atoms with Crippen molar-refractivity contribution in [2.24, 2.45) is 4.99 Å². The first kappa shape index (κ1) is 11.2. The second-order valence-corrected chi connectivity index (χ2v) is 4.07. The van der Waals surface area contributed by atoms with Crippen LogP contribution in [0.25, 0.3) is 0 Å². The van der Waals surface area contributed by atoms with Gasteiger partial charge in [-0.25, -0.2) is 9.79 Å². The fourth-order valence-corrected chi connectivity index (χ4v) is 2.09. The van der Waals surface area contributed by atoms with Gasteiger partial charge in [-0.1, -0.05) is 0 Å². The topological polar surface area (TPSA) is 52.9 Å². The van der Waals surface area contributed by atoms with Crippen LogP contribution in [-0.4, -0.2) is 46.6 Å². The average molecular weight is 236 g/mol.